The Labute approximate surface area is 161 Å². The normalized spacial score (nSPS) is 17.1. The van der Waals surface area contributed by atoms with Crippen LogP contribution in [0.15, 0.2) is 48.7 Å². The topological polar surface area (TPSA) is 60.5 Å². The second-order valence-corrected chi connectivity index (χ2v) is 7.18. The molecule has 6 nitrogen and oxygen atoms in total. The van der Waals surface area contributed by atoms with Crippen molar-refractivity contribution in [1.29, 1.82) is 0 Å². The molecule has 144 valence electrons. The molecule has 1 aliphatic rings. The highest BCUT2D eigenvalue weighted by Gasteiger charge is 2.21. The summed E-state index contributed by atoms with van der Waals surface area (Å²) in [5, 5.41) is 6.52. The number of pyridine rings is 1. The van der Waals surface area contributed by atoms with Gasteiger partial charge in [-0.3, -0.25) is 4.79 Å². The van der Waals surface area contributed by atoms with Crippen molar-refractivity contribution in [3.8, 4) is 0 Å². The SMILES string of the molecule is CN(C)CCCNC(=O)c1ccc(N2CCN[C@@H](c3ccccc3)C2)nc1. The number of nitrogens with zero attached hydrogens (tertiary/aromatic N) is 3. The van der Waals surface area contributed by atoms with Gasteiger partial charge in [0.05, 0.1) is 5.56 Å². The first-order chi connectivity index (χ1) is 13.1. The molecule has 0 aliphatic carbocycles. The predicted octanol–water partition coefficient (Wildman–Crippen LogP) is 1.91. The quantitative estimate of drug-likeness (QED) is 0.732. The molecular weight excluding hydrogens is 338 g/mol. The summed E-state index contributed by atoms with van der Waals surface area (Å²) >= 11 is 0. The number of hydrogen-bond donors (Lipinski definition) is 2. The van der Waals surface area contributed by atoms with E-state index >= 15 is 0 Å². The highest BCUT2D eigenvalue weighted by molar-refractivity contribution is 5.94. The predicted molar refractivity (Wildman–Crippen MR) is 109 cm³/mol. The van der Waals surface area contributed by atoms with E-state index in [0.717, 1.165) is 38.4 Å². The minimum Gasteiger partial charge on any atom is -0.353 e. The van der Waals surface area contributed by atoms with Crippen LogP contribution in [-0.4, -0.2) is 62.6 Å². The van der Waals surface area contributed by atoms with Gasteiger partial charge in [0.1, 0.15) is 5.82 Å². The van der Waals surface area contributed by atoms with Crippen LogP contribution in [0, 0.1) is 0 Å². The molecule has 0 radical (unpaired) electrons. The minimum absolute atomic E-state index is 0.0599. The zero-order valence-electron chi connectivity index (χ0n) is 16.2. The van der Waals surface area contributed by atoms with E-state index in [0.29, 0.717) is 18.2 Å². The molecule has 6 heteroatoms. The van der Waals surface area contributed by atoms with Gasteiger partial charge in [-0.25, -0.2) is 4.98 Å². The summed E-state index contributed by atoms with van der Waals surface area (Å²) in [4.78, 5) is 21.1. The molecule has 0 unspecified atom stereocenters. The van der Waals surface area contributed by atoms with Gasteiger partial charge in [0.15, 0.2) is 0 Å². The summed E-state index contributed by atoms with van der Waals surface area (Å²) in [5.41, 5.74) is 1.90. The van der Waals surface area contributed by atoms with Crippen molar-refractivity contribution in [3.63, 3.8) is 0 Å². The Morgan fingerprint density at radius 3 is 2.78 bits per heavy atom. The van der Waals surface area contributed by atoms with Crippen molar-refractivity contribution in [2.24, 2.45) is 0 Å². The molecule has 1 atom stereocenters. The van der Waals surface area contributed by atoms with Crippen LogP contribution < -0.4 is 15.5 Å². The fraction of sp³-hybridized carbons (Fsp3) is 0.429. The summed E-state index contributed by atoms with van der Waals surface area (Å²) in [6.07, 6.45) is 2.61. The molecule has 3 rings (SSSR count). The number of aromatic nitrogens is 1. The maximum Gasteiger partial charge on any atom is 0.252 e. The van der Waals surface area contributed by atoms with Crippen LogP contribution in [0.2, 0.25) is 0 Å². The van der Waals surface area contributed by atoms with Crippen LogP contribution >= 0.6 is 0 Å². The van der Waals surface area contributed by atoms with Crippen molar-refractivity contribution < 1.29 is 4.79 Å². The van der Waals surface area contributed by atoms with Gasteiger partial charge in [0, 0.05) is 38.4 Å². The smallest absolute Gasteiger partial charge is 0.252 e. The van der Waals surface area contributed by atoms with Crippen LogP contribution in [0.25, 0.3) is 0 Å². The van der Waals surface area contributed by atoms with Gasteiger partial charge in [-0.05, 0) is 44.8 Å². The van der Waals surface area contributed by atoms with E-state index in [4.69, 9.17) is 0 Å². The summed E-state index contributed by atoms with van der Waals surface area (Å²) in [5.74, 6) is 0.858. The van der Waals surface area contributed by atoms with E-state index in [1.54, 1.807) is 6.20 Å². The van der Waals surface area contributed by atoms with Gasteiger partial charge in [0.25, 0.3) is 5.91 Å². The lowest BCUT2D eigenvalue weighted by molar-refractivity contribution is 0.0952. The third-order valence-corrected chi connectivity index (χ3v) is 4.78. The molecule has 1 amide bonds. The number of carbonyl (C=O) groups is 1. The Hall–Kier alpha value is -2.44. The Morgan fingerprint density at radius 2 is 2.07 bits per heavy atom. The van der Waals surface area contributed by atoms with Crippen LogP contribution in [-0.2, 0) is 0 Å². The van der Waals surface area contributed by atoms with Gasteiger partial charge in [-0.1, -0.05) is 30.3 Å². The first-order valence-corrected chi connectivity index (χ1v) is 9.56. The van der Waals surface area contributed by atoms with Crippen molar-refractivity contribution in [2.75, 3.05) is 51.7 Å². The summed E-state index contributed by atoms with van der Waals surface area (Å²) < 4.78 is 0. The highest BCUT2D eigenvalue weighted by Crippen LogP contribution is 2.21. The number of piperazine rings is 1. The van der Waals surface area contributed by atoms with Gasteiger partial charge in [-0.2, -0.15) is 0 Å². The average Bonchev–Trinajstić information content (AvgIpc) is 2.72. The zero-order chi connectivity index (χ0) is 19.1. The van der Waals surface area contributed by atoms with Gasteiger partial charge < -0.3 is 20.4 Å². The highest BCUT2D eigenvalue weighted by atomic mass is 16.1. The van der Waals surface area contributed by atoms with Crippen LogP contribution in [0.1, 0.15) is 28.4 Å². The molecule has 1 fully saturated rings. The van der Waals surface area contributed by atoms with Crippen molar-refractivity contribution in [2.45, 2.75) is 12.5 Å². The van der Waals surface area contributed by atoms with Gasteiger partial charge >= 0.3 is 0 Å². The lowest BCUT2D eigenvalue weighted by Crippen LogP contribution is -2.46. The maximum absolute atomic E-state index is 12.2. The third kappa shape index (κ3) is 5.52. The second kappa shape index (κ2) is 9.48. The van der Waals surface area contributed by atoms with E-state index in [-0.39, 0.29) is 5.91 Å². The average molecular weight is 367 g/mol. The molecule has 2 N–H and O–H groups in total. The molecule has 0 bridgehead atoms. The number of hydrogen-bond acceptors (Lipinski definition) is 5. The van der Waals surface area contributed by atoms with Crippen molar-refractivity contribution in [3.05, 3.63) is 59.8 Å². The van der Waals surface area contributed by atoms with Crippen molar-refractivity contribution >= 4 is 11.7 Å². The fourth-order valence-corrected chi connectivity index (χ4v) is 3.27. The van der Waals surface area contributed by atoms with E-state index in [1.807, 2.05) is 32.3 Å². The van der Waals surface area contributed by atoms with E-state index in [2.05, 4.69) is 49.7 Å². The lowest BCUT2D eigenvalue weighted by atomic mass is 10.0. The monoisotopic (exact) mass is 367 g/mol. The second-order valence-electron chi connectivity index (χ2n) is 7.18. The number of rotatable bonds is 7. The summed E-state index contributed by atoms with van der Waals surface area (Å²) in [6, 6.07) is 14.6. The zero-order valence-corrected chi connectivity index (χ0v) is 16.2. The maximum atomic E-state index is 12.2. The van der Waals surface area contributed by atoms with Crippen LogP contribution in [0.5, 0.6) is 0 Å². The molecule has 0 spiro atoms. The van der Waals surface area contributed by atoms with Gasteiger partial charge in [-0.15, -0.1) is 0 Å². The van der Waals surface area contributed by atoms with E-state index in [1.165, 1.54) is 5.56 Å². The summed E-state index contributed by atoms with van der Waals surface area (Å²) in [7, 11) is 4.06. The Kier molecular flexibility index (Phi) is 6.79. The first kappa shape index (κ1) is 19.3. The fourth-order valence-electron chi connectivity index (χ4n) is 3.27. The minimum atomic E-state index is -0.0599. The standard InChI is InChI=1S/C21H29N5O/c1-25(2)13-6-11-23-21(27)18-9-10-20(24-15-18)26-14-12-22-19(16-26)17-7-4-3-5-8-17/h3-5,7-10,15,19,22H,6,11-14,16H2,1-2H3,(H,23,27)/t19-/m1/s1. The molecule has 1 aliphatic heterocycles. The Bertz CT molecular complexity index is 717. The molecule has 1 aromatic carbocycles. The molecule has 2 heterocycles. The van der Waals surface area contributed by atoms with E-state index in [9.17, 15) is 4.79 Å². The Balaban J connectivity index is 1.56. The molecular formula is C21H29N5O. The third-order valence-electron chi connectivity index (χ3n) is 4.78. The Morgan fingerprint density at radius 1 is 1.26 bits per heavy atom. The molecule has 1 aromatic heterocycles. The number of nitrogens with one attached hydrogen (secondary N) is 2. The molecule has 2 aromatic rings. The first-order valence-electron chi connectivity index (χ1n) is 9.56. The molecule has 1 saturated heterocycles. The van der Waals surface area contributed by atoms with Crippen molar-refractivity contribution in [1.82, 2.24) is 20.5 Å². The lowest BCUT2D eigenvalue weighted by Gasteiger charge is -2.34. The number of anilines is 1. The largest absolute Gasteiger partial charge is 0.353 e. The van der Waals surface area contributed by atoms with Crippen LogP contribution in [0.3, 0.4) is 0 Å². The van der Waals surface area contributed by atoms with E-state index < -0.39 is 0 Å². The number of carbonyl (C=O) groups excluding carboxylic acids is 1. The molecule has 27 heavy (non-hydrogen) atoms. The van der Waals surface area contributed by atoms with Crippen LogP contribution in [0.4, 0.5) is 5.82 Å². The van der Waals surface area contributed by atoms with Gasteiger partial charge in [0.2, 0.25) is 0 Å². The number of amides is 1. The molecule has 0 saturated carbocycles. The number of benzene rings is 1. The summed E-state index contributed by atoms with van der Waals surface area (Å²) in [6.45, 7) is 4.33.